The van der Waals surface area contributed by atoms with Gasteiger partial charge in [-0.2, -0.15) is 4.98 Å². The molecule has 0 bridgehead atoms. The summed E-state index contributed by atoms with van der Waals surface area (Å²) in [5.41, 5.74) is 1.79. The minimum absolute atomic E-state index is 0.0284. The van der Waals surface area contributed by atoms with Crippen LogP contribution >= 0.6 is 0 Å². The van der Waals surface area contributed by atoms with E-state index in [-0.39, 0.29) is 18.0 Å². The Hall–Kier alpha value is -2.17. The molecule has 0 aliphatic rings. The highest BCUT2D eigenvalue weighted by Gasteiger charge is 2.10. The van der Waals surface area contributed by atoms with E-state index in [1.165, 1.54) is 12.1 Å². The lowest BCUT2D eigenvalue weighted by molar-refractivity contribution is 0.232. The zero-order valence-corrected chi connectivity index (χ0v) is 12.7. The number of nitrogens with zero attached hydrogens (tertiary/aromatic N) is 2. The summed E-state index contributed by atoms with van der Waals surface area (Å²) in [7, 11) is 0. The number of aromatic nitrogens is 2. The van der Waals surface area contributed by atoms with Gasteiger partial charge in [0.2, 0.25) is 11.8 Å². The Morgan fingerprint density at radius 2 is 1.76 bits per heavy atom. The summed E-state index contributed by atoms with van der Waals surface area (Å²) in [4.78, 5) is 8.69. The molecule has 1 unspecified atom stereocenters. The number of nitrogens with one attached hydrogen (secondary N) is 1. The van der Waals surface area contributed by atoms with Gasteiger partial charge in [0.25, 0.3) is 0 Å². The van der Waals surface area contributed by atoms with E-state index in [2.05, 4.69) is 15.3 Å². The summed E-state index contributed by atoms with van der Waals surface area (Å²) in [6.45, 7) is 7.77. The molecular formula is C16H20FN3O. The van der Waals surface area contributed by atoms with E-state index in [1.807, 2.05) is 27.7 Å². The van der Waals surface area contributed by atoms with E-state index in [4.69, 9.17) is 4.74 Å². The summed E-state index contributed by atoms with van der Waals surface area (Å²) < 4.78 is 18.5. The van der Waals surface area contributed by atoms with Crippen molar-refractivity contribution in [3.8, 4) is 5.88 Å². The molecule has 0 amide bonds. The van der Waals surface area contributed by atoms with Crippen LogP contribution in [0.2, 0.25) is 0 Å². The first-order valence-electron chi connectivity index (χ1n) is 6.98. The maximum atomic E-state index is 12.9. The third-order valence-corrected chi connectivity index (χ3v) is 2.90. The van der Waals surface area contributed by atoms with Crippen molar-refractivity contribution in [2.24, 2.45) is 0 Å². The molecular weight excluding hydrogens is 269 g/mol. The number of rotatable bonds is 5. The van der Waals surface area contributed by atoms with E-state index >= 15 is 0 Å². The van der Waals surface area contributed by atoms with E-state index in [0.29, 0.717) is 11.8 Å². The van der Waals surface area contributed by atoms with Crippen molar-refractivity contribution in [3.63, 3.8) is 0 Å². The number of hydrogen-bond donors (Lipinski definition) is 1. The van der Waals surface area contributed by atoms with Gasteiger partial charge in [-0.25, -0.2) is 9.37 Å². The quantitative estimate of drug-likeness (QED) is 0.907. The largest absolute Gasteiger partial charge is 0.475 e. The molecule has 112 valence electrons. The van der Waals surface area contributed by atoms with E-state index in [9.17, 15) is 4.39 Å². The highest BCUT2D eigenvalue weighted by atomic mass is 19.1. The van der Waals surface area contributed by atoms with Crippen molar-refractivity contribution in [1.82, 2.24) is 9.97 Å². The van der Waals surface area contributed by atoms with Gasteiger partial charge in [-0.3, -0.25) is 0 Å². The predicted molar refractivity (Wildman–Crippen MR) is 81.0 cm³/mol. The molecule has 0 radical (unpaired) electrons. The maximum Gasteiger partial charge on any atom is 0.226 e. The van der Waals surface area contributed by atoms with Gasteiger partial charge in [-0.05, 0) is 45.4 Å². The number of aryl methyl sites for hydroxylation is 1. The highest BCUT2D eigenvalue weighted by molar-refractivity contribution is 5.35. The average molecular weight is 289 g/mol. The lowest BCUT2D eigenvalue weighted by Crippen LogP contribution is -2.12. The number of benzene rings is 1. The maximum absolute atomic E-state index is 12.9. The Kier molecular flexibility index (Phi) is 4.73. The fraction of sp³-hybridized carbons (Fsp3) is 0.375. The van der Waals surface area contributed by atoms with Crippen molar-refractivity contribution < 1.29 is 9.13 Å². The van der Waals surface area contributed by atoms with Crippen LogP contribution in [0.4, 0.5) is 10.3 Å². The molecule has 2 aromatic rings. The van der Waals surface area contributed by atoms with Crippen LogP contribution in [0.15, 0.2) is 30.3 Å². The summed E-state index contributed by atoms with van der Waals surface area (Å²) in [5.74, 6) is 0.805. The van der Waals surface area contributed by atoms with Crippen LogP contribution in [0.5, 0.6) is 5.88 Å². The van der Waals surface area contributed by atoms with Crippen molar-refractivity contribution in [3.05, 3.63) is 47.4 Å². The van der Waals surface area contributed by atoms with Gasteiger partial charge in [-0.1, -0.05) is 12.1 Å². The number of ether oxygens (including phenoxy) is 1. The molecule has 1 heterocycles. The van der Waals surface area contributed by atoms with Crippen molar-refractivity contribution in [2.75, 3.05) is 5.32 Å². The SMILES string of the molecule is Cc1cc(OC(C)C)nc(NC(C)c2ccc(F)cc2)n1. The first-order valence-corrected chi connectivity index (χ1v) is 6.98. The van der Waals surface area contributed by atoms with E-state index in [1.54, 1.807) is 18.2 Å². The molecule has 1 N–H and O–H groups in total. The van der Waals surface area contributed by atoms with Crippen LogP contribution in [0.25, 0.3) is 0 Å². The van der Waals surface area contributed by atoms with Crippen LogP contribution in [-0.2, 0) is 0 Å². The predicted octanol–water partition coefficient (Wildman–Crippen LogP) is 3.88. The van der Waals surface area contributed by atoms with E-state index < -0.39 is 0 Å². The fourth-order valence-electron chi connectivity index (χ4n) is 1.93. The Morgan fingerprint density at radius 1 is 1.10 bits per heavy atom. The van der Waals surface area contributed by atoms with Gasteiger partial charge in [0.15, 0.2) is 0 Å². The van der Waals surface area contributed by atoms with Crippen LogP contribution in [0.3, 0.4) is 0 Å². The first kappa shape index (κ1) is 15.2. The molecule has 0 aliphatic carbocycles. The third-order valence-electron chi connectivity index (χ3n) is 2.90. The van der Waals surface area contributed by atoms with Crippen LogP contribution < -0.4 is 10.1 Å². The molecule has 1 atom stereocenters. The van der Waals surface area contributed by atoms with Crippen molar-refractivity contribution >= 4 is 5.95 Å². The topological polar surface area (TPSA) is 47.0 Å². The molecule has 5 heteroatoms. The number of halogens is 1. The van der Waals surface area contributed by atoms with Gasteiger partial charge in [0, 0.05) is 11.8 Å². The zero-order valence-electron chi connectivity index (χ0n) is 12.7. The molecule has 2 rings (SSSR count). The lowest BCUT2D eigenvalue weighted by atomic mass is 10.1. The average Bonchev–Trinajstić information content (AvgIpc) is 2.37. The summed E-state index contributed by atoms with van der Waals surface area (Å²) in [6.07, 6.45) is 0.0571. The Bertz CT molecular complexity index is 599. The van der Waals surface area contributed by atoms with E-state index in [0.717, 1.165) is 11.3 Å². The monoisotopic (exact) mass is 289 g/mol. The van der Waals surface area contributed by atoms with Crippen LogP contribution in [0, 0.1) is 12.7 Å². The second-order valence-electron chi connectivity index (χ2n) is 5.26. The van der Waals surface area contributed by atoms with Gasteiger partial charge >= 0.3 is 0 Å². The Morgan fingerprint density at radius 3 is 2.38 bits per heavy atom. The second kappa shape index (κ2) is 6.52. The van der Waals surface area contributed by atoms with Crippen LogP contribution in [0.1, 0.15) is 38.1 Å². The van der Waals surface area contributed by atoms with Gasteiger partial charge in [0.05, 0.1) is 12.1 Å². The molecule has 4 nitrogen and oxygen atoms in total. The van der Waals surface area contributed by atoms with Gasteiger partial charge in [-0.15, -0.1) is 0 Å². The normalized spacial score (nSPS) is 12.3. The minimum atomic E-state index is -0.245. The molecule has 1 aromatic carbocycles. The number of anilines is 1. The first-order chi connectivity index (χ1) is 9.94. The summed E-state index contributed by atoms with van der Waals surface area (Å²) in [5, 5.41) is 3.21. The van der Waals surface area contributed by atoms with Crippen molar-refractivity contribution in [2.45, 2.75) is 39.8 Å². The molecule has 1 aromatic heterocycles. The van der Waals surface area contributed by atoms with Gasteiger partial charge in [0.1, 0.15) is 5.82 Å². The summed E-state index contributed by atoms with van der Waals surface area (Å²) in [6, 6.07) is 8.14. The molecule has 0 fully saturated rings. The minimum Gasteiger partial charge on any atom is -0.475 e. The highest BCUT2D eigenvalue weighted by Crippen LogP contribution is 2.20. The molecule has 21 heavy (non-hydrogen) atoms. The molecule has 0 saturated heterocycles. The lowest BCUT2D eigenvalue weighted by Gasteiger charge is -2.16. The van der Waals surface area contributed by atoms with Crippen LogP contribution in [-0.4, -0.2) is 16.1 Å². The third kappa shape index (κ3) is 4.41. The van der Waals surface area contributed by atoms with Crippen molar-refractivity contribution in [1.29, 1.82) is 0 Å². The Balaban J connectivity index is 2.14. The number of hydrogen-bond acceptors (Lipinski definition) is 4. The molecule has 0 spiro atoms. The molecule has 0 saturated carbocycles. The second-order valence-corrected chi connectivity index (χ2v) is 5.26. The standard InChI is InChI=1S/C16H20FN3O/c1-10(2)21-15-9-11(3)18-16(20-15)19-12(4)13-5-7-14(17)8-6-13/h5-10,12H,1-4H3,(H,18,19,20). The van der Waals surface area contributed by atoms with Gasteiger partial charge < -0.3 is 10.1 Å². The Labute approximate surface area is 124 Å². The summed E-state index contributed by atoms with van der Waals surface area (Å²) >= 11 is 0. The fourth-order valence-corrected chi connectivity index (χ4v) is 1.93. The smallest absolute Gasteiger partial charge is 0.226 e. The zero-order chi connectivity index (χ0) is 15.4. The molecule has 0 aliphatic heterocycles.